The molecule has 0 aromatic heterocycles. The zero-order valence-corrected chi connectivity index (χ0v) is 10.7. The van der Waals surface area contributed by atoms with E-state index in [-0.39, 0.29) is 12.0 Å². The highest BCUT2D eigenvalue weighted by atomic mass is 16.3. The van der Waals surface area contributed by atoms with Gasteiger partial charge in [0, 0.05) is 31.7 Å². The summed E-state index contributed by atoms with van der Waals surface area (Å²) in [5.41, 5.74) is 1.98. The Morgan fingerprint density at radius 3 is 3.00 bits per heavy atom. The second kappa shape index (κ2) is 5.98. The molecule has 1 aromatic carbocycles. The Morgan fingerprint density at radius 1 is 1.44 bits per heavy atom. The largest absolute Gasteiger partial charge is 0.392 e. The smallest absolute Gasteiger partial charge is 0.254 e. The first-order chi connectivity index (χ1) is 8.68. The predicted molar refractivity (Wildman–Crippen MR) is 70.6 cm³/mol. The van der Waals surface area contributed by atoms with Gasteiger partial charge in [-0.1, -0.05) is 18.2 Å². The first kappa shape index (κ1) is 13.1. The number of aliphatic hydroxyl groups is 1. The Balaban J connectivity index is 1.88. The van der Waals surface area contributed by atoms with Crippen molar-refractivity contribution in [2.45, 2.75) is 19.4 Å². The van der Waals surface area contributed by atoms with Crippen molar-refractivity contribution >= 4 is 5.91 Å². The van der Waals surface area contributed by atoms with E-state index in [1.165, 1.54) is 0 Å². The lowest BCUT2D eigenvalue weighted by atomic mass is 9.99. The number of nitrogens with one attached hydrogen (secondary N) is 1. The summed E-state index contributed by atoms with van der Waals surface area (Å²) in [6.45, 7) is 4.51. The van der Waals surface area contributed by atoms with Crippen molar-refractivity contribution in [1.82, 2.24) is 10.2 Å². The van der Waals surface area contributed by atoms with Gasteiger partial charge in [-0.05, 0) is 25.0 Å². The first-order valence-electron chi connectivity index (χ1n) is 6.44. The molecule has 0 bridgehead atoms. The van der Waals surface area contributed by atoms with Crippen LogP contribution in [0.4, 0.5) is 0 Å². The van der Waals surface area contributed by atoms with Gasteiger partial charge in [0.1, 0.15) is 0 Å². The van der Waals surface area contributed by atoms with Crippen molar-refractivity contribution in [2.75, 3.05) is 26.2 Å². The van der Waals surface area contributed by atoms with Crippen molar-refractivity contribution in [3.63, 3.8) is 0 Å². The van der Waals surface area contributed by atoms with Crippen LogP contribution < -0.4 is 5.32 Å². The van der Waals surface area contributed by atoms with E-state index >= 15 is 0 Å². The second-order valence-electron chi connectivity index (χ2n) is 4.75. The van der Waals surface area contributed by atoms with Crippen LogP contribution in [0.3, 0.4) is 0 Å². The average Bonchev–Trinajstić information content (AvgIpc) is 2.37. The van der Waals surface area contributed by atoms with Gasteiger partial charge < -0.3 is 15.3 Å². The van der Waals surface area contributed by atoms with E-state index in [2.05, 4.69) is 5.32 Å². The molecule has 1 aliphatic rings. The predicted octanol–water partition coefficient (Wildman–Crippen LogP) is 0.655. The highest BCUT2D eigenvalue weighted by Gasteiger charge is 2.22. The summed E-state index contributed by atoms with van der Waals surface area (Å²) >= 11 is 0. The molecular weight excluding hydrogens is 228 g/mol. The van der Waals surface area contributed by atoms with Crippen LogP contribution in [0.5, 0.6) is 0 Å². The van der Waals surface area contributed by atoms with Gasteiger partial charge in [0.25, 0.3) is 5.91 Å². The van der Waals surface area contributed by atoms with E-state index in [0.29, 0.717) is 13.1 Å². The van der Waals surface area contributed by atoms with E-state index in [9.17, 15) is 4.79 Å². The maximum absolute atomic E-state index is 12.2. The fourth-order valence-corrected chi connectivity index (χ4v) is 2.21. The van der Waals surface area contributed by atoms with Gasteiger partial charge in [-0.15, -0.1) is 0 Å². The molecule has 0 saturated heterocycles. The Morgan fingerprint density at radius 2 is 2.22 bits per heavy atom. The lowest BCUT2D eigenvalue weighted by Crippen LogP contribution is -2.42. The van der Waals surface area contributed by atoms with E-state index in [1.807, 2.05) is 29.2 Å². The molecule has 0 saturated carbocycles. The molecule has 0 spiro atoms. The maximum atomic E-state index is 12.2. The summed E-state index contributed by atoms with van der Waals surface area (Å²) in [5.74, 6) is 0.121. The number of rotatable bonds is 5. The van der Waals surface area contributed by atoms with Crippen LogP contribution in [0.2, 0.25) is 0 Å². The highest BCUT2D eigenvalue weighted by Crippen LogP contribution is 2.17. The van der Waals surface area contributed by atoms with Crippen LogP contribution in [0.25, 0.3) is 0 Å². The van der Waals surface area contributed by atoms with Crippen molar-refractivity contribution in [2.24, 2.45) is 0 Å². The van der Waals surface area contributed by atoms with Gasteiger partial charge in [0.15, 0.2) is 0 Å². The third-order valence-electron chi connectivity index (χ3n) is 3.18. The van der Waals surface area contributed by atoms with Crippen LogP contribution in [0.1, 0.15) is 22.8 Å². The number of hydrogen-bond acceptors (Lipinski definition) is 3. The molecule has 4 nitrogen and oxygen atoms in total. The van der Waals surface area contributed by atoms with Crippen LogP contribution in [0, 0.1) is 0 Å². The van der Waals surface area contributed by atoms with Crippen molar-refractivity contribution in [3.05, 3.63) is 35.4 Å². The lowest BCUT2D eigenvalue weighted by Gasteiger charge is -2.28. The SMILES string of the molecule is CC(O)CNCCN1CCc2ccccc2C1=O. The van der Waals surface area contributed by atoms with Crippen LogP contribution in [-0.2, 0) is 6.42 Å². The fourth-order valence-electron chi connectivity index (χ4n) is 2.21. The van der Waals surface area contributed by atoms with E-state index in [0.717, 1.165) is 30.6 Å². The summed E-state index contributed by atoms with van der Waals surface area (Å²) in [6.07, 6.45) is 0.584. The maximum Gasteiger partial charge on any atom is 0.254 e. The van der Waals surface area contributed by atoms with Crippen molar-refractivity contribution in [1.29, 1.82) is 0 Å². The van der Waals surface area contributed by atoms with Crippen LogP contribution in [0.15, 0.2) is 24.3 Å². The third-order valence-corrected chi connectivity index (χ3v) is 3.18. The zero-order chi connectivity index (χ0) is 13.0. The lowest BCUT2D eigenvalue weighted by molar-refractivity contribution is 0.0740. The van der Waals surface area contributed by atoms with E-state index in [4.69, 9.17) is 5.11 Å². The minimum Gasteiger partial charge on any atom is -0.392 e. The summed E-state index contributed by atoms with van der Waals surface area (Å²) in [6, 6.07) is 7.81. The van der Waals surface area contributed by atoms with E-state index in [1.54, 1.807) is 6.92 Å². The molecule has 18 heavy (non-hydrogen) atoms. The molecule has 1 heterocycles. The number of benzene rings is 1. The van der Waals surface area contributed by atoms with Gasteiger partial charge in [0.2, 0.25) is 0 Å². The standard InChI is InChI=1S/C14H20N2O2/c1-11(17)10-15-7-9-16-8-6-12-4-2-3-5-13(12)14(16)18/h2-5,11,15,17H,6-10H2,1H3. The number of amides is 1. The minimum atomic E-state index is -0.345. The molecule has 0 fully saturated rings. The fraction of sp³-hybridized carbons (Fsp3) is 0.500. The van der Waals surface area contributed by atoms with Crippen molar-refractivity contribution in [3.8, 4) is 0 Å². The van der Waals surface area contributed by atoms with Crippen LogP contribution >= 0.6 is 0 Å². The first-order valence-corrected chi connectivity index (χ1v) is 6.44. The molecule has 1 aliphatic heterocycles. The van der Waals surface area contributed by atoms with Gasteiger partial charge in [-0.2, -0.15) is 0 Å². The average molecular weight is 248 g/mol. The highest BCUT2D eigenvalue weighted by molar-refractivity contribution is 5.96. The normalized spacial score (nSPS) is 16.6. The Kier molecular flexibility index (Phi) is 4.33. The molecular formula is C14H20N2O2. The summed E-state index contributed by atoms with van der Waals surface area (Å²) < 4.78 is 0. The second-order valence-corrected chi connectivity index (χ2v) is 4.75. The number of hydrogen-bond donors (Lipinski definition) is 2. The van der Waals surface area contributed by atoms with E-state index < -0.39 is 0 Å². The molecule has 1 unspecified atom stereocenters. The van der Waals surface area contributed by atoms with Crippen molar-refractivity contribution < 1.29 is 9.90 Å². The quantitative estimate of drug-likeness (QED) is 0.753. The number of nitrogens with zero attached hydrogens (tertiary/aromatic N) is 1. The molecule has 2 rings (SSSR count). The van der Waals surface area contributed by atoms with Crippen LogP contribution in [-0.4, -0.2) is 48.2 Å². The number of aliphatic hydroxyl groups excluding tert-OH is 1. The number of fused-ring (bicyclic) bond motifs is 1. The molecule has 2 N–H and O–H groups in total. The van der Waals surface area contributed by atoms with Gasteiger partial charge in [-0.25, -0.2) is 0 Å². The van der Waals surface area contributed by atoms with Gasteiger partial charge in [-0.3, -0.25) is 4.79 Å². The molecule has 98 valence electrons. The van der Waals surface area contributed by atoms with Gasteiger partial charge in [0.05, 0.1) is 6.10 Å². The summed E-state index contributed by atoms with van der Waals surface area (Å²) in [4.78, 5) is 14.1. The Hall–Kier alpha value is -1.39. The monoisotopic (exact) mass is 248 g/mol. The molecule has 1 atom stereocenters. The summed E-state index contributed by atoms with van der Waals surface area (Å²) in [5, 5.41) is 12.3. The summed E-state index contributed by atoms with van der Waals surface area (Å²) in [7, 11) is 0. The molecule has 1 aromatic rings. The number of carbonyl (C=O) groups is 1. The number of carbonyl (C=O) groups excluding carboxylic acids is 1. The molecule has 1 amide bonds. The Labute approximate surface area is 108 Å². The minimum absolute atomic E-state index is 0.121. The van der Waals surface area contributed by atoms with Gasteiger partial charge >= 0.3 is 0 Å². The zero-order valence-electron chi connectivity index (χ0n) is 10.7. The third kappa shape index (κ3) is 3.09. The molecule has 0 aliphatic carbocycles. The topological polar surface area (TPSA) is 52.6 Å². The Bertz CT molecular complexity index is 418. The molecule has 4 heteroatoms. The molecule has 0 radical (unpaired) electrons.